The number of nitrogens with zero attached hydrogens (tertiary/aromatic N) is 1. The van der Waals surface area contributed by atoms with Crippen LogP contribution in [0.25, 0.3) is 0 Å². The van der Waals surface area contributed by atoms with E-state index in [1.54, 1.807) is 36.7 Å². The van der Waals surface area contributed by atoms with Gasteiger partial charge in [-0.25, -0.2) is 0 Å². The summed E-state index contributed by atoms with van der Waals surface area (Å²) < 4.78 is 5.62. The van der Waals surface area contributed by atoms with Gasteiger partial charge < -0.3 is 15.2 Å². The number of rotatable bonds is 6. The molecule has 1 aromatic heterocycles. The first-order chi connectivity index (χ1) is 10.6. The van der Waals surface area contributed by atoms with E-state index in [9.17, 15) is 4.79 Å². The Bertz CT molecular complexity index is 631. The minimum Gasteiger partial charge on any atom is -0.456 e. The van der Waals surface area contributed by atoms with Gasteiger partial charge in [0.1, 0.15) is 11.5 Å². The van der Waals surface area contributed by atoms with Crippen LogP contribution in [0.2, 0.25) is 5.02 Å². The molecule has 0 bridgehead atoms. The predicted molar refractivity (Wildman–Crippen MR) is 84.4 cm³/mol. The quantitative estimate of drug-likeness (QED) is 0.858. The molecule has 0 aliphatic heterocycles. The van der Waals surface area contributed by atoms with E-state index in [4.69, 9.17) is 21.4 Å². The Labute approximate surface area is 133 Å². The molecule has 1 amide bonds. The molecular weight excluding hydrogens is 304 g/mol. The average molecular weight is 321 g/mol. The Balaban J connectivity index is 2.10. The molecule has 0 aliphatic rings. The number of aliphatic hydroxyl groups excluding tert-OH is 1. The maximum atomic E-state index is 12.1. The van der Waals surface area contributed by atoms with Gasteiger partial charge in [0.05, 0.1) is 17.7 Å². The largest absolute Gasteiger partial charge is 0.456 e. The third-order valence-corrected chi connectivity index (χ3v) is 3.42. The van der Waals surface area contributed by atoms with E-state index in [2.05, 4.69) is 10.3 Å². The highest BCUT2D eigenvalue weighted by atomic mass is 35.5. The summed E-state index contributed by atoms with van der Waals surface area (Å²) in [5.74, 6) is 0.789. The molecule has 6 heteroatoms. The maximum absolute atomic E-state index is 12.1. The van der Waals surface area contributed by atoms with E-state index in [0.29, 0.717) is 28.5 Å². The van der Waals surface area contributed by atoms with E-state index in [1.165, 1.54) is 6.07 Å². The van der Waals surface area contributed by atoms with Crippen molar-refractivity contribution in [1.29, 1.82) is 0 Å². The lowest BCUT2D eigenvalue weighted by molar-refractivity contribution is 0.0915. The van der Waals surface area contributed by atoms with Crippen molar-refractivity contribution >= 4 is 17.5 Å². The molecule has 2 aromatic rings. The van der Waals surface area contributed by atoms with Crippen LogP contribution >= 0.6 is 11.6 Å². The van der Waals surface area contributed by atoms with Crippen molar-refractivity contribution in [3.05, 3.63) is 53.3 Å². The SMILES string of the molecule is CCC(CO)NC(=O)c1ccc(Oc2ccncc2)c(Cl)c1. The standard InChI is InChI=1S/C16H17ClN2O3/c1-2-12(10-20)19-16(21)11-3-4-15(14(17)9-11)22-13-5-7-18-8-6-13/h3-9,12,20H,2,10H2,1H3,(H,19,21). The van der Waals surface area contributed by atoms with Crippen molar-refractivity contribution in [3.63, 3.8) is 0 Å². The van der Waals surface area contributed by atoms with Gasteiger partial charge in [-0.3, -0.25) is 9.78 Å². The lowest BCUT2D eigenvalue weighted by atomic mass is 10.1. The van der Waals surface area contributed by atoms with Crippen LogP contribution in [0.5, 0.6) is 11.5 Å². The normalized spacial score (nSPS) is 11.8. The molecule has 0 saturated heterocycles. The number of carbonyl (C=O) groups excluding carboxylic acids is 1. The molecule has 1 unspecified atom stereocenters. The van der Waals surface area contributed by atoms with Crippen LogP contribution in [0.3, 0.4) is 0 Å². The Morgan fingerprint density at radius 2 is 2.09 bits per heavy atom. The van der Waals surface area contributed by atoms with Crippen molar-refractivity contribution in [3.8, 4) is 11.5 Å². The van der Waals surface area contributed by atoms with Gasteiger partial charge in [0, 0.05) is 18.0 Å². The van der Waals surface area contributed by atoms with Crippen molar-refractivity contribution in [2.45, 2.75) is 19.4 Å². The fourth-order valence-electron chi connectivity index (χ4n) is 1.80. The second-order valence-electron chi connectivity index (χ2n) is 4.69. The molecule has 0 saturated carbocycles. The number of halogens is 1. The zero-order chi connectivity index (χ0) is 15.9. The number of carbonyl (C=O) groups is 1. The van der Waals surface area contributed by atoms with Crippen molar-refractivity contribution < 1.29 is 14.6 Å². The molecule has 116 valence electrons. The van der Waals surface area contributed by atoms with Crippen molar-refractivity contribution in [2.24, 2.45) is 0 Å². The first-order valence-corrected chi connectivity index (χ1v) is 7.31. The highest BCUT2D eigenvalue weighted by Crippen LogP contribution is 2.29. The van der Waals surface area contributed by atoms with E-state index in [0.717, 1.165) is 0 Å². The van der Waals surface area contributed by atoms with Crippen molar-refractivity contribution in [1.82, 2.24) is 10.3 Å². The molecular formula is C16H17ClN2O3. The summed E-state index contributed by atoms with van der Waals surface area (Å²) in [5, 5.41) is 12.2. The number of amides is 1. The lowest BCUT2D eigenvalue weighted by Crippen LogP contribution is -2.36. The van der Waals surface area contributed by atoms with Gasteiger partial charge in [0.15, 0.2) is 0 Å². The maximum Gasteiger partial charge on any atom is 0.251 e. The number of benzene rings is 1. The van der Waals surface area contributed by atoms with Gasteiger partial charge in [-0.15, -0.1) is 0 Å². The summed E-state index contributed by atoms with van der Waals surface area (Å²) in [6, 6.07) is 7.96. The number of nitrogens with one attached hydrogen (secondary N) is 1. The third kappa shape index (κ3) is 4.19. The third-order valence-electron chi connectivity index (χ3n) is 3.12. The fraction of sp³-hybridized carbons (Fsp3) is 0.250. The summed E-state index contributed by atoms with van der Waals surface area (Å²) in [7, 11) is 0. The van der Waals surface area contributed by atoms with Crippen LogP contribution in [-0.4, -0.2) is 28.6 Å². The fourth-order valence-corrected chi connectivity index (χ4v) is 2.02. The van der Waals surface area contributed by atoms with Crippen LogP contribution in [0.1, 0.15) is 23.7 Å². The minimum absolute atomic E-state index is 0.0980. The number of pyridine rings is 1. The molecule has 0 radical (unpaired) electrons. The molecule has 1 heterocycles. The molecule has 0 aliphatic carbocycles. The molecule has 1 aromatic carbocycles. The summed E-state index contributed by atoms with van der Waals surface area (Å²) >= 11 is 6.16. The van der Waals surface area contributed by atoms with E-state index >= 15 is 0 Å². The zero-order valence-corrected chi connectivity index (χ0v) is 12.9. The van der Waals surface area contributed by atoms with Gasteiger partial charge in [-0.05, 0) is 36.8 Å². The number of hydrogen-bond acceptors (Lipinski definition) is 4. The van der Waals surface area contributed by atoms with Crippen LogP contribution in [-0.2, 0) is 0 Å². The van der Waals surface area contributed by atoms with Gasteiger partial charge in [0.2, 0.25) is 0 Å². The average Bonchev–Trinajstić information content (AvgIpc) is 2.55. The van der Waals surface area contributed by atoms with Crippen LogP contribution in [0.4, 0.5) is 0 Å². The first kappa shape index (κ1) is 16.3. The second-order valence-corrected chi connectivity index (χ2v) is 5.10. The van der Waals surface area contributed by atoms with Gasteiger partial charge in [-0.1, -0.05) is 18.5 Å². The van der Waals surface area contributed by atoms with Crippen LogP contribution < -0.4 is 10.1 Å². The molecule has 1 atom stereocenters. The van der Waals surface area contributed by atoms with E-state index in [-0.39, 0.29) is 18.6 Å². The van der Waals surface area contributed by atoms with Crippen molar-refractivity contribution in [2.75, 3.05) is 6.61 Å². The van der Waals surface area contributed by atoms with Gasteiger partial charge >= 0.3 is 0 Å². The number of aromatic nitrogens is 1. The smallest absolute Gasteiger partial charge is 0.251 e. The Morgan fingerprint density at radius 1 is 1.36 bits per heavy atom. The predicted octanol–water partition coefficient (Wildman–Crippen LogP) is 3.03. The minimum atomic E-state index is -0.279. The molecule has 5 nitrogen and oxygen atoms in total. The lowest BCUT2D eigenvalue weighted by Gasteiger charge is -2.14. The number of hydrogen-bond donors (Lipinski definition) is 2. The number of ether oxygens (including phenoxy) is 1. The monoisotopic (exact) mass is 320 g/mol. The summed E-state index contributed by atoms with van der Waals surface area (Å²) in [6.45, 7) is 1.79. The Kier molecular flexibility index (Phi) is 5.75. The highest BCUT2D eigenvalue weighted by Gasteiger charge is 2.13. The summed E-state index contributed by atoms with van der Waals surface area (Å²) in [4.78, 5) is 16.0. The zero-order valence-electron chi connectivity index (χ0n) is 12.1. The van der Waals surface area contributed by atoms with E-state index in [1.807, 2.05) is 6.92 Å². The second kappa shape index (κ2) is 7.77. The van der Waals surface area contributed by atoms with Gasteiger partial charge in [0.25, 0.3) is 5.91 Å². The Morgan fingerprint density at radius 3 is 2.68 bits per heavy atom. The molecule has 22 heavy (non-hydrogen) atoms. The topological polar surface area (TPSA) is 71.5 Å². The van der Waals surface area contributed by atoms with E-state index < -0.39 is 0 Å². The summed E-state index contributed by atoms with van der Waals surface area (Å²) in [6.07, 6.45) is 3.88. The molecule has 0 fully saturated rings. The Hall–Kier alpha value is -2.11. The van der Waals surface area contributed by atoms with Crippen LogP contribution in [0.15, 0.2) is 42.7 Å². The van der Waals surface area contributed by atoms with Gasteiger partial charge in [-0.2, -0.15) is 0 Å². The highest BCUT2D eigenvalue weighted by molar-refractivity contribution is 6.32. The molecule has 2 rings (SSSR count). The first-order valence-electron chi connectivity index (χ1n) is 6.93. The van der Waals surface area contributed by atoms with Crippen LogP contribution in [0, 0.1) is 0 Å². The molecule has 0 spiro atoms. The number of aliphatic hydroxyl groups is 1. The summed E-state index contributed by atoms with van der Waals surface area (Å²) in [5.41, 5.74) is 0.416. The molecule has 2 N–H and O–H groups in total.